The predicted octanol–water partition coefficient (Wildman–Crippen LogP) is 3.21. The second kappa shape index (κ2) is 10.4. The van der Waals surface area contributed by atoms with Crippen molar-refractivity contribution >= 4 is 28.2 Å². The Bertz CT molecular complexity index is 683. The van der Waals surface area contributed by atoms with E-state index in [0.717, 1.165) is 75.4 Å². The van der Waals surface area contributed by atoms with Crippen LogP contribution in [0.15, 0.2) is 0 Å². The molecule has 1 saturated heterocycles. The van der Waals surface area contributed by atoms with Crippen molar-refractivity contribution in [1.29, 1.82) is 0 Å². The van der Waals surface area contributed by atoms with E-state index in [0.29, 0.717) is 24.6 Å². The first kappa shape index (κ1) is 21.3. The highest BCUT2D eigenvalue weighted by Gasteiger charge is 2.32. The molecule has 7 heteroatoms. The topological polar surface area (TPSA) is 70.7 Å². The fraction of sp³-hybridized carbons (Fsp3) is 0.714. The first-order valence-electron chi connectivity index (χ1n) is 10.7. The largest absolute Gasteiger partial charge is 0.379 e. The van der Waals surface area contributed by atoms with Crippen LogP contribution >= 0.6 is 11.3 Å². The highest BCUT2D eigenvalue weighted by Crippen LogP contribution is 2.39. The number of nitrogens with zero attached hydrogens (tertiary/aromatic N) is 1. The van der Waals surface area contributed by atoms with Gasteiger partial charge in [-0.25, -0.2) is 0 Å². The van der Waals surface area contributed by atoms with Crippen LogP contribution in [0.5, 0.6) is 0 Å². The number of rotatable bonds is 8. The Hall–Kier alpha value is -1.44. The lowest BCUT2D eigenvalue weighted by atomic mass is 9.90. The van der Waals surface area contributed by atoms with Gasteiger partial charge in [0.05, 0.1) is 18.8 Å². The van der Waals surface area contributed by atoms with Crippen molar-refractivity contribution in [2.45, 2.75) is 64.8 Å². The number of carbonyl (C=O) groups excluding carboxylic acids is 2. The molecule has 0 aromatic carbocycles. The highest BCUT2D eigenvalue weighted by molar-refractivity contribution is 7.17. The van der Waals surface area contributed by atoms with Gasteiger partial charge in [0.2, 0.25) is 5.91 Å². The van der Waals surface area contributed by atoms with E-state index in [-0.39, 0.29) is 11.8 Å². The Morgan fingerprint density at radius 1 is 1.21 bits per heavy atom. The molecule has 2 N–H and O–H groups in total. The number of carbonyl (C=O) groups is 2. The molecule has 0 saturated carbocycles. The zero-order chi connectivity index (χ0) is 19.9. The molecule has 1 aromatic rings. The van der Waals surface area contributed by atoms with E-state index >= 15 is 0 Å². The molecule has 0 radical (unpaired) electrons. The number of hydrogen-bond acceptors (Lipinski definition) is 5. The highest BCUT2D eigenvalue weighted by atomic mass is 32.1. The van der Waals surface area contributed by atoms with Crippen LogP contribution in [0.2, 0.25) is 0 Å². The van der Waals surface area contributed by atoms with E-state index in [1.54, 1.807) is 11.3 Å². The average molecular weight is 408 g/mol. The monoisotopic (exact) mass is 407 g/mol. The number of thiophene rings is 1. The minimum Gasteiger partial charge on any atom is -0.379 e. The van der Waals surface area contributed by atoms with Crippen LogP contribution in [0.1, 0.15) is 66.8 Å². The SMILES string of the molecule is CCCCNC(=O)c1c(NC(=O)CCC)sc2c1CC(N1CCOCC1)CC2. The quantitative estimate of drug-likeness (QED) is 0.649. The maximum Gasteiger partial charge on any atom is 0.254 e. The fourth-order valence-electron chi connectivity index (χ4n) is 4.03. The standard InChI is InChI=1S/C21H33N3O3S/c1-3-5-9-22-20(26)19-16-14-15(24-10-12-27-13-11-24)7-8-17(16)28-21(19)23-18(25)6-4-2/h15H,3-14H2,1-2H3,(H,22,26)(H,23,25). The van der Waals surface area contributed by atoms with Crippen LogP contribution in [-0.2, 0) is 22.4 Å². The molecule has 0 bridgehead atoms. The Morgan fingerprint density at radius 2 is 2.00 bits per heavy atom. The lowest BCUT2D eigenvalue weighted by Crippen LogP contribution is -2.46. The molecule has 2 amide bonds. The summed E-state index contributed by atoms with van der Waals surface area (Å²) < 4.78 is 5.50. The summed E-state index contributed by atoms with van der Waals surface area (Å²) in [6.45, 7) is 8.28. The van der Waals surface area contributed by atoms with Crippen LogP contribution in [0.25, 0.3) is 0 Å². The molecule has 2 aliphatic rings. The zero-order valence-corrected chi connectivity index (χ0v) is 18.0. The van der Waals surface area contributed by atoms with Crippen LogP contribution in [0, 0.1) is 0 Å². The zero-order valence-electron chi connectivity index (χ0n) is 17.1. The molecule has 156 valence electrons. The second-order valence-electron chi connectivity index (χ2n) is 7.66. The molecule has 1 aromatic heterocycles. The van der Waals surface area contributed by atoms with Gasteiger partial charge in [0, 0.05) is 37.0 Å². The summed E-state index contributed by atoms with van der Waals surface area (Å²) in [7, 11) is 0. The van der Waals surface area contributed by atoms with Gasteiger partial charge in [-0.05, 0) is 37.7 Å². The Kier molecular flexibility index (Phi) is 7.88. The van der Waals surface area contributed by atoms with Crippen molar-refractivity contribution in [3.05, 3.63) is 16.0 Å². The predicted molar refractivity (Wildman–Crippen MR) is 113 cm³/mol. The van der Waals surface area contributed by atoms with Crippen LogP contribution in [0.4, 0.5) is 5.00 Å². The summed E-state index contributed by atoms with van der Waals surface area (Å²) in [5.74, 6) is -0.0474. The Labute approximate surface area is 172 Å². The average Bonchev–Trinajstić information content (AvgIpc) is 3.05. The lowest BCUT2D eigenvalue weighted by molar-refractivity contribution is -0.116. The van der Waals surface area contributed by atoms with Gasteiger partial charge in [0.1, 0.15) is 5.00 Å². The first-order chi connectivity index (χ1) is 13.6. The fourth-order valence-corrected chi connectivity index (χ4v) is 5.29. The Morgan fingerprint density at radius 3 is 2.71 bits per heavy atom. The van der Waals surface area contributed by atoms with E-state index in [9.17, 15) is 9.59 Å². The molecule has 28 heavy (non-hydrogen) atoms. The van der Waals surface area contributed by atoms with Gasteiger partial charge in [0.15, 0.2) is 0 Å². The van der Waals surface area contributed by atoms with E-state index in [4.69, 9.17) is 4.74 Å². The molecule has 1 aliphatic carbocycles. The minimum absolute atomic E-state index is 0.00608. The number of ether oxygens (including phenoxy) is 1. The molecule has 6 nitrogen and oxygen atoms in total. The lowest BCUT2D eigenvalue weighted by Gasteiger charge is -2.36. The van der Waals surface area contributed by atoms with Gasteiger partial charge in [-0.1, -0.05) is 20.3 Å². The molecule has 2 heterocycles. The number of nitrogens with one attached hydrogen (secondary N) is 2. The van der Waals surface area contributed by atoms with Crippen molar-refractivity contribution in [2.75, 3.05) is 38.2 Å². The van der Waals surface area contributed by atoms with Crippen LogP contribution in [-0.4, -0.2) is 55.6 Å². The summed E-state index contributed by atoms with van der Waals surface area (Å²) in [6.07, 6.45) is 6.25. The van der Waals surface area contributed by atoms with Crippen LogP contribution in [0.3, 0.4) is 0 Å². The van der Waals surface area contributed by atoms with E-state index in [1.165, 1.54) is 4.88 Å². The van der Waals surface area contributed by atoms with E-state index < -0.39 is 0 Å². The van der Waals surface area contributed by atoms with Gasteiger partial charge < -0.3 is 15.4 Å². The summed E-state index contributed by atoms with van der Waals surface area (Å²) >= 11 is 1.60. The van der Waals surface area contributed by atoms with Crippen molar-refractivity contribution in [2.24, 2.45) is 0 Å². The minimum atomic E-state index is -0.0413. The number of morpholine rings is 1. The van der Waals surface area contributed by atoms with Crippen molar-refractivity contribution in [3.8, 4) is 0 Å². The molecular formula is C21H33N3O3S. The maximum absolute atomic E-state index is 13.0. The van der Waals surface area contributed by atoms with E-state index in [1.807, 2.05) is 6.92 Å². The molecule has 1 atom stereocenters. The first-order valence-corrected chi connectivity index (χ1v) is 11.5. The number of aryl methyl sites for hydroxylation is 1. The number of unbranched alkanes of at least 4 members (excludes halogenated alkanes) is 1. The normalized spacial score (nSPS) is 19.9. The third-order valence-electron chi connectivity index (χ3n) is 5.57. The van der Waals surface area contributed by atoms with E-state index in [2.05, 4.69) is 22.5 Å². The second-order valence-corrected chi connectivity index (χ2v) is 8.77. The number of hydrogen-bond donors (Lipinski definition) is 2. The van der Waals surface area contributed by atoms with Gasteiger partial charge in [-0.2, -0.15) is 0 Å². The smallest absolute Gasteiger partial charge is 0.254 e. The number of anilines is 1. The molecular weight excluding hydrogens is 374 g/mol. The number of fused-ring (bicyclic) bond motifs is 1. The third-order valence-corrected chi connectivity index (χ3v) is 6.78. The third kappa shape index (κ3) is 5.13. The van der Waals surface area contributed by atoms with Gasteiger partial charge in [-0.15, -0.1) is 11.3 Å². The summed E-state index contributed by atoms with van der Waals surface area (Å²) in [5, 5.41) is 6.81. The van der Waals surface area contributed by atoms with Crippen LogP contribution < -0.4 is 10.6 Å². The van der Waals surface area contributed by atoms with Gasteiger partial charge in [0.25, 0.3) is 5.91 Å². The van der Waals surface area contributed by atoms with Crippen molar-refractivity contribution in [3.63, 3.8) is 0 Å². The molecule has 0 spiro atoms. The number of amides is 2. The molecule has 1 unspecified atom stereocenters. The Balaban J connectivity index is 1.82. The molecule has 1 fully saturated rings. The van der Waals surface area contributed by atoms with Crippen molar-refractivity contribution in [1.82, 2.24) is 10.2 Å². The molecule has 3 rings (SSSR count). The van der Waals surface area contributed by atoms with Gasteiger partial charge in [-0.3, -0.25) is 14.5 Å². The molecule has 1 aliphatic heterocycles. The maximum atomic E-state index is 13.0. The van der Waals surface area contributed by atoms with Crippen molar-refractivity contribution < 1.29 is 14.3 Å². The summed E-state index contributed by atoms with van der Waals surface area (Å²) in [6, 6.07) is 0.451. The summed E-state index contributed by atoms with van der Waals surface area (Å²) in [4.78, 5) is 29.0. The van der Waals surface area contributed by atoms with Gasteiger partial charge >= 0.3 is 0 Å². The summed E-state index contributed by atoms with van der Waals surface area (Å²) in [5.41, 5.74) is 1.85.